The van der Waals surface area contributed by atoms with E-state index in [1.165, 1.54) is 6.42 Å². The van der Waals surface area contributed by atoms with Gasteiger partial charge in [-0.2, -0.15) is 0 Å². The highest BCUT2D eigenvalue weighted by molar-refractivity contribution is 6.03. The van der Waals surface area contributed by atoms with Gasteiger partial charge in [-0.05, 0) is 36.9 Å². The molecule has 0 heterocycles. The molecule has 25 heavy (non-hydrogen) atoms. The fraction of sp³-hybridized carbons (Fsp3) is 0.474. The van der Waals surface area contributed by atoms with Gasteiger partial charge in [0.25, 0.3) is 5.91 Å². The van der Waals surface area contributed by atoms with Crippen LogP contribution in [0.4, 0.5) is 5.69 Å². The molecule has 0 saturated heterocycles. The molecule has 1 fully saturated rings. The number of para-hydroxylation sites is 1. The number of benzene rings is 1. The smallest absolute Gasteiger partial charge is 0.253 e. The molecule has 0 spiro atoms. The van der Waals surface area contributed by atoms with Crippen molar-refractivity contribution in [2.45, 2.75) is 38.5 Å². The van der Waals surface area contributed by atoms with Gasteiger partial charge in [-0.1, -0.05) is 37.5 Å². The number of nitrogens with two attached hydrogens (primary N) is 1. The Kier molecular flexibility index (Phi) is 8.66. The fourth-order valence-corrected chi connectivity index (χ4v) is 3.34. The van der Waals surface area contributed by atoms with E-state index in [0.29, 0.717) is 30.8 Å². The second-order valence-corrected chi connectivity index (χ2v) is 6.53. The molecule has 5 nitrogen and oxygen atoms in total. The maximum absolute atomic E-state index is 12.5. The highest BCUT2D eigenvalue weighted by Crippen LogP contribution is 2.38. The summed E-state index contributed by atoms with van der Waals surface area (Å²) in [7, 11) is 0. The highest BCUT2D eigenvalue weighted by Gasteiger charge is 2.33. The molecular weight excluding hydrogens is 338 g/mol. The van der Waals surface area contributed by atoms with E-state index in [1.54, 1.807) is 30.3 Å². The maximum atomic E-state index is 12.5. The third kappa shape index (κ3) is 5.87. The van der Waals surface area contributed by atoms with Crippen molar-refractivity contribution in [3.8, 4) is 0 Å². The maximum Gasteiger partial charge on any atom is 0.253 e. The summed E-state index contributed by atoms with van der Waals surface area (Å²) in [6.45, 7) is 4.50. The van der Waals surface area contributed by atoms with Gasteiger partial charge in [0, 0.05) is 13.0 Å². The van der Waals surface area contributed by atoms with Gasteiger partial charge in [0.2, 0.25) is 5.91 Å². The van der Waals surface area contributed by atoms with Gasteiger partial charge in [0.05, 0.1) is 11.3 Å². The van der Waals surface area contributed by atoms with Crippen LogP contribution in [-0.4, -0.2) is 24.9 Å². The van der Waals surface area contributed by atoms with Crippen LogP contribution in [0.25, 0.3) is 0 Å². The summed E-state index contributed by atoms with van der Waals surface area (Å²) in [6, 6.07) is 7.03. The number of carbonyl (C=O) groups is 2. The third-order valence-electron chi connectivity index (χ3n) is 4.74. The van der Waals surface area contributed by atoms with Gasteiger partial charge in [0.15, 0.2) is 0 Å². The minimum atomic E-state index is -0.225. The molecule has 6 heteroatoms. The van der Waals surface area contributed by atoms with Crippen LogP contribution in [0.5, 0.6) is 0 Å². The Balaban J connectivity index is 0.00000312. The second-order valence-electron chi connectivity index (χ2n) is 6.53. The largest absolute Gasteiger partial charge is 0.349 e. The van der Waals surface area contributed by atoms with Gasteiger partial charge in [0.1, 0.15) is 0 Å². The zero-order valence-electron chi connectivity index (χ0n) is 14.6. The van der Waals surface area contributed by atoms with Gasteiger partial charge in [-0.15, -0.1) is 19.0 Å². The standard InChI is InChI=1S/C19H27N3O2.ClH/c1-2-12-21-18(24)15-8-4-5-9-16(15)22-17(23)13-19(14-20)10-6-3-7-11-19;/h2,4-5,8-9H,1,3,6-7,10-14,20H2,(H,21,24)(H,22,23);1H. The number of nitrogens with one attached hydrogen (secondary N) is 2. The van der Waals surface area contributed by atoms with Crippen molar-refractivity contribution in [1.82, 2.24) is 5.32 Å². The molecule has 1 aliphatic carbocycles. The number of rotatable bonds is 7. The van der Waals surface area contributed by atoms with Gasteiger partial charge in [-0.3, -0.25) is 9.59 Å². The summed E-state index contributed by atoms with van der Waals surface area (Å²) in [6.07, 6.45) is 7.50. The summed E-state index contributed by atoms with van der Waals surface area (Å²) in [5.41, 5.74) is 6.86. The van der Waals surface area contributed by atoms with E-state index < -0.39 is 0 Å². The third-order valence-corrected chi connectivity index (χ3v) is 4.74. The Labute approximate surface area is 155 Å². The van der Waals surface area contributed by atoms with Crippen molar-refractivity contribution in [2.24, 2.45) is 11.1 Å². The lowest BCUT2D eigenvalue weighted by Gasteiger charge is -2.35. The van der Waals surface area contributed by atoms with Crippen LogP contribution >= 0.6 is 12.4 Å². The number of hydrogen-bond acceptors (Lipinski definition) is 3. The molecule has 1 aliphatic rings. The molecule has 1 aromatic rings. The van der Waals surface area contributed by atoms with Crippen LogP contribution in [0.1, 0.15) is 48.9 Å². The Bertz CT molecular complexity index is 598. The van der Waals surface area contributed by atoms with E-state index in [9.17, 15) is 9.59 Å². The molecule has 1 saturated carbocycles. The van der Waals surface area contributed by atoms with Gasteiger partial charge < -0.3 is 16.4 Å². The van der Waals surface area contributed by atoms with Crippen molar-refractivity contribution >= 4 is 29.9 Å². The van der Waals surface area contributed by atoms with Crippen molar-refractivity contribution in [3.63, 3.8) is 0 Å². The normalized spacial score (nSPS) is 15.6. The lowest BCUT2D eigenvalue weighted by atomic mass is 9.71. The molecule has 0 aliphatic heterocycles. The average Bonchev–Trinajstić information content (AvgIpc) is 2.60. The molecular formula is C19H28ClN3O2. The Hall–Kier alpha value is -1.85. The fourth-order valence-electron chi connectivity index (χ4n) is 3.34. The topological polar surface area (TPSA) is 84.2 Å². The molecule has 2 rings (SSSR count). The van der Waals surface area contributed by atoms with E-state index in [1.807, 2.05) is 0 Å². The zero-order chi connectivity index (χ0) is 17.4. The van der Waals surface area contributed by atoms with E-state index in [2.05, 4.69) is 17.2 Å². The first kappa shape index (κ1) is 21.2. The van der Waals surface area contributed by atoms with E-state index in [4.69, 9.17) is 5.73 Å². The van der Waals surface area contributed by atoms with Crippen LogP contribution in [0.3, 0.4) is 0 Å². The number of hydrogen-bond donors (Lipinski definition) is 3. The average molecular weight is 366 g/mol. The summed E-state index contributed by atoms with van der Waals surface area (Å²) < 4.78 is 0. The first-order chi connectivity index (χ1) is 11.6. The summed E-state index contributed by atoms with van der Waals surface area (Å²) in [5.74, 6) is -0.302. The number of carbonyl (C=O) groups excluding carboxylic acids is 2. The first-order valence-electron chi connectivity index (χ1n) is 8.58. The van der Waals surface area contributed by atoms with Crippen molar-refractivity contribution in [2.75, 3.05) is 18.4 Å². The molecule has 0 bridgehead atoms. The minimum absolute atomic E-state index is 0. The SMILES string of the molecule is C=CCNC(=O)c1ccccc1NC(=O)CC1(CN)CCCCC1.Cl. The van der Waals surface area contributed by atoms with Crippen LogP contribution in [0, 0.1) is 5.41 Å². The minimum Gasteiger partial charge on any atom is -0.349 e. The van der Waals surface area contributed by atoms with E-state index in [0.717, 1.165) is 25.7 Å². The molecule has 1 aromatic carbocycles. The molecule has 138 valence electrons. The molecule has 0 aromatic heterocycles. The Morgan fingerprint density at radius 1 is 1.20 bits per heavy atom. The number of halogens is 1. The molecule has 2 amide bonds. The quantitative estimate of drug-likeness (QED) is 0.648. The van der Waals surface area contributed by atoms with E-state index in [-0.39, 0.29) is 29.6 Å². The summed E-state index contributed by atoms with van der Waals surface area (Å²) in [4.78, 5) is 24.7. The van der Waals surface area contributed by atoms with Crippen molar-refractivity contribution in [3.05, 3.63) is 42.5 Å². The monoisotopic (exact) mass is 365 g/mol. The lowest BCUT2D eigenvalue weighted by molar-refractivity contribution is -0.118. The molecule has 0 radical (unpaired) electrons. The summed E-state index contributed by atoms with van der Waals surface area (Å²) in [5, 5.41) is 5.63. The molecule has 0 atom stereocenters. The molecule has 4 N–H and O–H groups in total. The predicted molar refractivity (Wildman–Crippen MR) is 104 cm³/mol. The van der Waals surface area contributed by atoms with Crippen LogP contribution in [0.15, 0.2) is 36.9 Å². The number of amides is 2. The van der Waals surface area contributed by atoms with Crippen molar-refractivity contribution in [1.29, 1.82) is 0 Å². The zero-order valence-corrected chi connectivity index (χ0v) is 15.4. The van der Waals surface area contributed by atoms with Gasteiger partial charge in [-0.25, -0.2) is 0 Å². The predicted octanol–water partition coefficient (Wildman–Crippen LogP) is 3.26. The highest BCUT2D eigenvalue weighted by atomic mass is 35.5. The van der Waals surface area contributed by atoms with Crippen molar-refractivity contribution < 1.29 is 9.59 Å². The Morgan fingerprint density at radius 2 is 1.88 bits per heavy atom. The second kappa shape index (κ2) is 10.2. The van der Waals surface area contributed by atoms with E-state index >= 15 is 0 Å². The van der Waals surface area contributed by atoms with Crippen LogP contribution < -0.4 is 16.4 Å². The first-order valence-corrected chi connectivity index (χ1v) is 8.58. The van der Waals surface area contributed by atoms with Crippen LogP contribution in [-0.2, 0) is 4.79 Å². The van der Waals surface area contributed by atoms with Gasteiger partial charge >= 0.3 is 0 Å². The van der Waals surface area contributed by atoms with Crippen LogP contribution in [0.2, 0.25) is 0 Å². The Morgan fingerprint density at radius 3 is 2.52 bits per heavy atom. The summed E-state index contributed by atoms with van der Waals surface area (Å²) >= 11 is 0. The number of anilines is 1. The molecule has 0 unspecified atom stereocenters. The lowest BCUT2D eigenvalue weighted by Crippen LogP contribution is -2.36.